The molecule has 0 amide bonds. The van der Waals surface area contributed by atoms with Crippen molar-refractivity contribution in [3.63, 3.8) is 0 Å². The van der Waals surface area contributed by atoms with Gasteiger partial charge < -0.3 is 9.63 Å². The zero-order chi connectivity index (χ0) is 13.8. The van der Waals surface area contributed by atoms with Crippen molar-refractivity contribution in [1.29, 1.82) is 0 Å². The summed E-state index contributed by atoms with van der Waals surface area (Å²) in [7, 11) is 0. The fourth-order valence-corrected chi connectivity index (χ4v) is 2.57. The molecule has 1 fully saturated rings. The van der Waals surface area contributed by atoms with Gasteiger partial charge in [0.15, 0.2) is 5.82 Å². The molecule has 5 nitrogen and oxygen atoms in total. The van der Waals surface area contributed by atoms with Crippen LogP contribution >= 0.6 is 0 Å². The Morgan fingerprint density at radius 2 is 2.15 bits per heavy atom. The van der Waals surface area contributed by atoms with Crippen LogP contribution in [0.4, 0.5) is 0 Å². The molecule has 1 saturated heterocycles. The molecule has 2 aromatic rings. The van der Waals surface area contributed by atoms with Crippen LogP contribution in [-0.2, 0) is 13.0 Å². The van der Waals surface area contributed by atoms with Gasteiger partial charge in [-0.15, -0.1) is 0 Å². The Morgan fingerprint density at radius 1 is 1.30 bits per heavy atom. The lowest BCUT2D eigenvalue weighted by atomic mass is 10.1. The molecule has 1 aliphatic heterocycles. The number of aliphatic hydroxyl groups excluding tert-OH is 1. The Balaban J connectivity index is 1.59. The molecule has 3 rings (SSSR count). The third kappa shape index (κ3) is 3.43. The van der Waals surface area contributed by atoms with Crippen molar-refractivity contribution in [3.8, 4) is 0 Å². The van der Waals surface area contributed by atoms with Crippen molar-refractivity contribution < 1.29 is 9.63 Å². The summed E-state index contributed by atoms with van der Waals surface area (Å²) in [5.74, 6) is 1.34. The molecule has 1 aromatic carbocycles. The third-order valence-electron chi connectivity index (χ3n) is 3.55. The number of piperidine rings is 1. The van der Waals surface area contributed by atoms with E-state index in [1.54, 1.807) is 0 Å². The van der Waals surface area contributed by atoms with Crippen molar-refractivity contribution in [3.05, 3.63) is 47.6 Å². The van der Waals surface area contributed by atoms with E-state index in [9.17, 15) is 5.11 Å². The zero-order valence-corrected chi connectivity index (χ0v) is 11.4. The Hall–Kier alpha value is -1.72. The Labute approximate surface area is 118 Å². The van der Waals surface area contributed by atoms with Crippen LogP contribution in [0.3, 0.4) is 0 Å². The van der Waals surface area contributed by atoms with E-state index in [0.717, 1.165) is 19.4 Å². The van der Waals surface area contributed by atoms with E-state index in [2.05, 4.69) is 27.2 Å². The van der Waals surface area contributed by atoms with Gasteiger partial charge in [0.25, 0.3) is 0 Å². The second kappa shape index (κ2) is 6.15. The minimum Gasteiger partial charge on any atom is -0.392 e. The number of β-amino-alcohol motifs (C(OH)–C–C–N with tert-alkyl or cyclic N) is 1. The predicted molar refractivity (Wildman–Crippen MR) is 74.1 cm³/mol. The Bertz CT molecular complexity index is 541. The molecule has 20 heavy (non-hydrogen) atoms. The molecule has 0 bridgehead atoms. The van der Waals surface area contributed by atoms with Crippen LogP contribution in [0.25, 0.3) is 0 Å². The molecule has 0 spiro atoms. The molecule has 1 aliphatic rings. The minimum atomic E-state index is -0.226. The highest BCUT2D eigenvalue weighted by molar-refractivity contribution is 5.18. The average Bonchev–Trinajstić information content (AvgIpc) is 2.87. The largest absolute Gasteiger partial charge is 0.392 e. The molecule has 1 aromatic heterocycles. The lowest BCUT2D eigenvalue weighted by molar-refractivity contribution is 0.0613. The highest BCUT2D eigenvalue weighted by atomic mass is 16.5. The van der Waals surface area contributed by atoms with Crippen molar-refractivity contribution >= 4 is 0 Å². The second-order valence-corrected chi connectivity index (χ2v) is 5.30. The lowest BCUT2D eigenvalue weighted by Gasteiger charge is -2.28. The van der Waals surface area contributed by atoms with E-state index in [1.165, 1.54) is 5.56 Å². The number of hydrogen-bond donors (Lipinski definition) is 1. The van der Waals surface area contributed by atoms with Crippen LogP contribution in [0, 0.1) is 0 Å². The molecule has 2 heterocycles. The topological polar surface area (TPSA) is 62.4 Å². The molecular formula is C15H19N3O2. The van der Waals surface area contributed by atoms with Gasteiger partial charge in [-0.3, -0.25) is 4.90 Å². The smallest absolute Gasteiger partial charge is 0.240 e. The summed E-state index contributed by atoms with van der Waals surface area (Å²) in [6.07, 6.45) is 2.37. The van der Waals surface area contributed by atoms with Gasteiger partial charge in [-0.25, -0.2) is 0 Å². The number of benzene rings is 1. The molecule has 0 radical (unpaired) electrons. The molecule has 1 atom stereocenters. The van der Waals surface area contributed by atoms with Gasteiger partial charge in [0.1, 0.15) is 0 Å². The molecule has 0 aliphatic carbocycles. The number of aliphatic hydroxyl groups is 1. The van der Waals surface area contributed by atoms with E-state index in [-0.39, 0.29) is 6.10 Å². The van der Waals surface area contributed by atoms with Gasteiger partial charge in [0, 0.05) is 13.0 Å². The van der Waals surface area contributed by atoms with Gasteiger partial charge in [0.2, 0.25) is 5.89 Å². The van der Waals surface area contributed by atoms with Crippen LogP contribution in [0.1, 0.15) is 30.1 Å². The number of aromatic nitrogens is 2. The highest BCUT2D eigenvalue weighted by Gasteiger charge is 2.19. The maximum Gasteiger partial charge on any atom is 0.240 e. The molecule has 0 unspecified atom stereocenters. The molecule has 106 valence electrons. The van der Waals surface area contributed by atoms with Crippen LogP contribution < -0.4 is 0 Å². The van der Waals surface area contributed by atoms with Gasteiger partial charge >= 0.3 is 0 Å². The SMILES string of the molecule is O[C@H]1CCCN(Cc2nc(Cc3ccccc3)no2)C1. The molecule has 0 saturated carbocycles. The maximum absolute atomic E-state index is 9.65. The second-order valence-electron chi connectivity index (χ2n) is 5.30. The van der Waals surface area contributed by atoms with Crippen molar-refractivity contribution in [2.24, 2.45) is 0 Å². The number of likely N-dealkylation sites (tertiary alicyclic amines) is 1. The van der Waals surface area contributed by atoms with Crippen LogP contribution in [0.5, 0.6) is 0 Å². The fraction of sp³-hybridized carbons (Fsp3) is 0.467. The van der Waals surface area contributed by atoms with Crippen molar-refractivity contribution in [1.82, 2.24) is 15.0 Å². The molecule has 5 heteroatoms. The molecular weight excluding hydrogens is 254 g/mol. The first-order valence-electron chi connectivity index (χ1n) is 7.05. The monoisotopic (exact) mass is 273 g/mol. The quantitative estimate of drug-likeness (QED) is 0.917. The Kier molecular flexibility index (Phi) is 4.08. The number of rotatable bonds is 4. The van der Waals surface area contributed by atoms with Crippen LogP contribution in [0.15, 0.2) is 34.9 Å². The summed E-state index contributed by atoms with van der Waals surface area (Å²) < 4.78 is 5.29. The predicted octanol–water partition coefficient (Wildman–Crippen LogP) is 1.62. The minimum absolute atomic E-state index is 0.226. The van der Waals surface area contributed by atoms with E-state index in [4.69, 9.17) is 4.52 Å². The lowest BCUT2D eigenvalue weighted by Crippen LogP contribution is -2.37. The zero-order valence-electron chi connectivity index (χ0n) is 11.4. The first kappa shape index (κ1) is 13.3. The normalized spacial score (nSPS) is 20.1. The van der Waals surface area contributed by atoms with Crippen LogP contribution in [-0.4, -0.2) is 39.3 Å². The van der Waals surface area contributed by atoms with Gasteiger partial charge in [0.05, 0.1) is 12.6 Å². The van der Waals surface area contributed by atoms with Crippen molar-refractivity contribution in [2.45, 2.75) is 31.9 Å². The highest BCUT2D eigenvalue weighted by Crippen LogP contribution is 2.13. The third-order valence-corrected chi connectivity index (χ3v) is 3.55. The maximum atomic E-state index is 9.65. The van der Waals surface area contributed by atoms with Crippen molar-refractivity contribution in [2.75, 3.05) is 13.1 Å². The summed E-state index contributed by atoms with van der Waals surface area (Å²) in [5, 5.41) is 13.7. The summed E-state index contributed by atoms with van der Waals surface area (Å²) in [6.45, 7) is 2.29. The Morgan fingerprint density at radius 3 is 2.95 bits per heavy atom. The molecule has 1 N–H and O–H groups in total. The summed E-state index contributed by atoms with van der Waals surface area (Å²) in [5.41, 5.74) is 1.17. The van der Waals surface area contributed by atoms with Crippen LogP contribution in [0.2, 0.25) is 0 Å². The van der Waals surface area contributed by atoms with Gasteiger partial charge in [-0.2, -0.15) is 4.98 Å². The van der Waals surface area contributed by atoms with Gasteiger partial charge in [-0.05, 0) is 24.9 Å². The number of nitrogens with zero attached hydrogens (tertiary/aromatic N) is 3. The number of hydrogen-bond acceptors (Lipinski definition) is 5. The standard InChI is InChI=1S/C15H19N3O2/c19-13-7-4-8-18(10-13)11-15-16-14(17-20-15)9-12-5-2-1-3-6-12/h1-3,5-6,13,19H,4,7-11H2/t13-/m0/s1. The summed E-state index contributed by atoms with van der Waals surface area (Å²) in [6, 6.07) is 10.1. The van der Waals surface area contributed by atoms with E-state index in [1.807, 2.05) is 18.2 Å². The fourth-order valence-electron chi connectivity index (χ4n) is 2.57. The average molecular weight is 273 g/mol. The van der Waals surface area contributed by atoms with Gasteiger partial charge in [-0.1, -0.05) is 35.5 Å². The first-order chi connectivity index (χ1) is 9.79. The summed E-state index contributed by atoms with van der Waals surface area (Å²) in [4.78, 5) is 6.58. The van der Waals surface area contributed by atoms with E-state index >= 15 is 0 Å². The summed E-state index contributed by atoms with van der Waals surface area (Å²) >= 11 is 0. The van der Waals surface area contributed by atoms with E-state index < -0.39 is 0 Å². The first-order valence-corrected chi connectivity index (χ1v) is 7.05. The van der Waals surface area contributed by atoms with E-state index in [0.29, 0.717) is 31.2 Å².